The Bertz CT molecular complexity index is 434. The second-order valence-corrected chi connectivity index (χ2v) is 5.79. The molecular weight excluding hydrogens is 244 g/mol. The van der Waals surface area contributed by atoms with E-state index in [1.54, 1.807) is 0 Å². The summed E-state index contributed by atoms with van der Waals surface area (Å²) < 4.78 is 11.6. The van der Waals surface area contributed by atoms with Gasteiger partial charge in [0.05, 0.1) is 31.3 Å². The van der Waals surface area contributed by atoms with Crippen LogP contribution in [-0.2, 0) is 4.74 Å². The minimum Gasteiger partial charge on any atom is -0.406 e. The molecule has 1 aromatic heterocycles. The molecule has 2 saturated heterocycles. The van der Waals surface area contributed by atoms with Crippen molar-refractivity contribution in [2.45, 2.75) is 50.4 Å². The number of anilines is 1. The Morgan fingerprint density at radius 3 is 2.74 bits per heavy atom. The Balaban J connectivity index is 1.33. The van der Waals surface area contributed by atoms with Crippen LogP contribution >= 0.6 is 0 Å². The van der Waals surface area contributed by atoms with Gasteiger partial charge >= 0.3 is 6.01 Å². The van der Waals surface area contributed by atoms with Crippen LogP contribution in [0.25, 0.3) is 0 Å². The predicted octanol–water partition coefficient (Wildman–Crippen LogP) is 1.25. The molecule has 1 saturated carbocycles. The van der Waals surface area contributed by atoms with E-state index in [1.165, 1.54) is 25.7 Å². The molecule has 1 N–H and O–H groups in total. The molecule has 0 aromatic carbocycles. The fourth-order valence-electron chi connectivity index (χ4n) is 2.71. The highest BCUT2D eigenvalue weighted by Crippen LogP contribution is 2.30. The van der Waals surface area contributed by atoms with Crippen molar-refractivity contribution in [2.24, 2.45) is 0 Å². The molecule has 19 heavy (non-hydrogen) atoms. The van der Waals surface area contributed by atoms with Gasteiger partial charge in [0.1, 0.15) is 0 Å². The summed E-state index contributed by atoms with van der Waals surface area (Å²) in [6, 6.07) is 0.896. The van der Waals surface area contributed by atoms with Crippen LogP contribution in [-0.4, -0.2) is 42.0 Å². The maximum Gasteiger partial charge on any atom is 0.318 e. The van der Waals surface area contributed by atoms with E-state index < -0.39 is 0 Å². The lowest BCUT2D eigenvalue weighted by molar-refractivity contribution is 0.0198. The molecule has 104 valence electrons. The molecule has 0 unspecified atom stereocenters. The SMILES string of the molecule is C1CC[C@H](c2nnc(N3CC(OC4CC4)C3)o2)NC1. The van der Waals surface area contributed by atoms with E-state index in [0.29, 0.717) is 18.2 Å². The monoisotopic (exact) mass is 264 g/mol. The zero-order valence-electron chi connectivity index (χ0n) is 11.0. The minimum atomic E-state index is 0.245. The zero-order valence-corrected chi connectivity index (χ0v) is 11.0. The summed E-state index contributed by atoms with van der Waals surface area (Å²) in [6.07, 6.45) is 6.91. The molecule has 1 atom stereocenters. The minimum absolute atomic E-state index is 0.245. The van der Waals surface area contributed by atoms with Crippen LogP contribution in [0.5, 0.6) is 0 Å². The van der Waals surface area contributed by atoms with Gasteiger partial charge in [0.2, 0.25) is 5.89 Å². The molecule has 3 fully saturated rings. The highest BCUT2D eigenvalue weighted by atomic mass is 16.5. The van der Waals surface area contributed by atoms with Gasteiger partial charge in [-0.1, -0.05) is 11.5 Å². The van der Waals surface area contributed by atoms with Gasteiger partial charge < -0.3 is 19.4 Å². The number of hydrogen-bond acceptors (Lipinski definition) is 6. The zero-order chi connectivity index (χ0) is 12.7. The quantitative estimate of drug-likeness (QED) is 0.883. The molecule has 0 bridgehead atoms. The average molecular weight is 264 g/mol. The van der Waals surface area contributed by atoms with Gasteiger partial charge in [-0.25, -0.2) is 0 Å². The first-order valence-electron chi connectivity index (χ1n) is 7.36. The lowest BCUT2D eigenvalue weighted by Crippen LogP contribution is -2.52. The van der Waals surface area contributed by atoms with Crippen molar-refractivity contribution in [1.82, 2.24) is 15.5 Å². The molecule has 2 aliphatic heterocycles. The highest BCUT2D eigenvalue weighted by Gasteiger charge is 2.36. The highest BCUT2D eigenvalue weighted by molar-refractivity contribution is 5.30. The molecule has 0 radical (unpaired) electrons. The van der Waals surface area contributed by atoms with Gasteiger partial charge in [-0.3, -0.25) is 0 Å². The second-order valence-electron chi connectivity index (χ2n) is 5.79. The summed E-state index contributed by atoms with van der Waals surface area (Å²) in [6.45, 7) is 2.82. The van der Waals surface area contributed by atoms with Crippen molar-refractivity contribution in [3.63, 3.8) is 0 Å². The Morgan fingerprint density at radius 1 is 1.11 bits per heavy atom. The van der Waals surface area contributed by atoms with Crippen molar-refractivity contribution in [2.75, 3.05) is 24.5 Å². The fraction of sp³-hybridized carbons (Fsp3) is 0.846. The van der Waals surface area contributed by atoms with Crippen molar-refractivity contribution in [1.29, 1.82) is 0 Å². The summed E-state index contributed by atoms with van der Waals surface area (Å²) in [7, 11) is 0. The normalized spacial score (nSPS) is 28.4. The van der Waals surface area contributed by atoms with Crippen LogP contribution < -0.4 is 10.2 Å². The molecule has 6 heteroatoms. The molecule has 0 spiro atoms. The van der Waals surface area contributed by atoms with Crippen LogP contribution in [0.1, 0.15) is 44.0 Å². The van der Waals surface area contributed by atoms with E-state index in [0.717, 1.165) is 31.9 Å². The number of hydrogen-bond donors (Lipinski definition) is 1. The molecule has 4 rings (SSSR count). The molecule has 1 aromatic rings. The van der Waals surface area contributed by atoms with E-state index >= 15 is 0 Å². The van der Waals surface area contributed by atoms with E-state index in [1.807, 2.05) is 0 Å². The first-order valence-corrected chi connectivity index (χ1v) is 7.36. The van der Waals surface area contributed by atoms with Gasteiger partial charge in [-0.2, -0.15) is 0 Å². The van der Waals surface area contributed by atoms with E-state index in [-0.39, 0.29) is 6.04 Å². The van der Waals surface area contributed by atoms with E-state index in [2.05, 4.69) is 20.4 Å². The van der Waals surface area contributed by atoms with Crippen molar-refractivity contribution < 1.29 is 9.15 Å². The third kappa shape index (κ3) is 2.47. The summed E-state index contributed by atoms with van der Waals surface area (Å²) in [5.41, 5.74) is 0. The van der Waals surface area contributed by atoms with Crippen molar-refractivity contribution >= 4 is 6.01 Å². The average Bonchev–Trinajstić information content (AvgIpc) is 3.10. The van der Waals surface area contributed by atoms with E-state index in [4.69, 9.17) is 9.15 Å². The van der Waals surface area contributed by atoms with Crippen molar-refractivity contribution in [3.05, 3.63) is 5.89 Å². The molecule has 1 aliphatic carbocycles. The molecule has 3 heterocycles. The Labute approximate surface area is 112 Å². The first-order chi connectivity index (χ1) is 9.38. The number of nitrogens with one attached hydrogen (secondary N) is 1. The largest absolute Gasteiger partial charge is 0.406 e. The number of piperidine rings is 1. The third-order valence-electron chi connectivity index (χ3n) is 4.07. The molecule has 6 nitrogen and oxygen atoms in total. The molecule has 3 aliphatic rings. The van der Waals surface area contributed by atoms with Gasteiger partial charge in [-0.05, 0) is 32.2 Å². The fourth-order valence-corrected chi connectivity index (χ4v) is 2.71. The third-order valence-corrected chi connectivity index (χ3v) is 4.07. The van der Waals surface area contributed by atoms with Gasteiger partial charge in [0, 0.05) is 0 Å². The van der Waals surface area contributed by atoms with Crippen LogP contribution in [0.4, 0.5) is 6.01 Å². The smallest absolute Gasteiger partial charge is 0.318 e. The Morgan fingerprint density at radius 2 is 2.00 bits per heavy atom. The number of rotatable bonds is 4. The van der Waals surface area contributed by atoms with Gasteiger partial charge in [0.15, 0.2) is 0 Å². The van der Waals surface area contributed by atoms with Crippen LogP contribution in [0.15, 0.2) is 4.42 Å². The number of nitrogens with zero attached hydrogens (tertiary/aromatic N) is 3. The van der Waals surface area contributed by atoms with Crippen LogP contribution in [0, 0.1) is 0 Å². The van der Waals surface area contributed by atoms with Gasteiger partial charge in [-0.15, -0.1) is 5.10 Å². The maximum atomic E-state index is 5.83. The standard InChI is InChI=1S/C13H20N4O2/c1-2-6-14-11(3-1)12-15-16-13(19-12)17-7-10(8-17)18-9-4-5-9/h9-11,14H,1-8H2/t11-/m1/s1. The summed E-state index contributed by atoms with van der Waals surface area (Å²) in [5, 5.41) is 11.8. The van der Waals surface area contributed by atoms with Crippen molar-refractivity contribution in [3.8, 4) is 0 Å². The van der Waals surface area contributed by atoms with Gasteiger partial charge in [0.25, 0.3) is 0 Å². The predicted molar refractivity (Wildman–Crippen MR) is 69.0 cm³/mol. The first kappa shape index (κ1) is 11.7. The van der Waals surface area contributed by atoms with E-state index in [9.17, 15) is 0 Å². The number of ether oxygens (including phenoxy) is 1. The topological polar surface area (TPSA) is 63.4 Å². The molecule has 0 amide bonds. The second kappa shape index (κ2) is 4.76. The maximum absolute atomic E-state index is 5.83. The summed E-state index contributed by atoms with van der Waals surface area (Å²) in [5.74, 6) is 0.737. The van der Waals surface area contributed by atoms with Crippen LogP contribution in [0.2, 0.25) is 0 Å². The Kier molecular flexibility index (Phi) is 2.92. The number of aromatic nitrogens is 2. The lowest BCUT2D eigenvalue weighted by Gasteiger charge is -2.37. The van der Waals surface area contributed by atoms with Crippen LogP contribution in [0.3, 0.4) is 0 Å². The summed E-state index contributed by atoms with van der Waals surface area (Å²) >= 11 is 0. The summed E-state index contributed by atoms with van der Waals surface area (Å²) in [4.78, 5) is 2.10. The Hall–Kier alpha value is -1.14. The molecular formula is C13H20N4O2. The lowest BCUT2D eigenvalue weighted by atomic mass is 10.1.